The smallest absolute Gasteiger partial charge is 0.306 e. The minimum atomic E-state index is -3.60. The van der Waals surface area contributed by atoms with Crippen LogP contribution in [0.5, 0.6) is 0 Å². The average Bonchev–Trinajstić information content (AvgIpc) is 2.84. The molecular weight excluding hydrogens is 458 g/mol. The lowest BCUT2D eigenvalue weighted by Crippen LogP contribution is -2.54. The van der Waals surface area contributed by atoms with E-state index < -0.39 is 10.0 Å². The van der Waals surface area contributed by atoms with Gasteiger partial charge in [-0.2, -0.15) is 4.31 Å². The molecule has 2 aliphatic rings. The molecule has 188 valence electrons. The van der Waals surface area contributed by atoms with Crippen LogP contribution >= 0.6 is 0 Å². The molecule has 4 rings (SSSR count). The fourth-order valence-electron chi connectivity index (χ4n) is 6.03. The summed E-state index contributed by atoms with van der Waals surface area (Å²) in [5.41, 5.74) is 2.97. The fourth-order valence-corrected chi connectivity index (χ4v) is 7.58. The monoisotopic (exact) mass is 495 g/mol. The van der Waals surface area contributed by atoms with Gasteiger partial charge in [-0.1, -0.05) is 54.6 Å². The highest BCUT2D eigenvalue weighted by Gasteiger charge is 2.49. The van der Waals surface area contributed by atoms with Gasteiger partial charge in [0.1, 0.15) is 0 Å². The van der Waals surface area contributed by atoms with Crippen molar-refractivity contribution in [1.29, 1.82) is 0 Å². The Kier molecular flexibility index (Phi) is 7.82. The first kappa shape index (κ1) is 25.6. The van der Waals surface area contributed by atoms with E-state index in [0.29, 0.717) is 42.8 Å². The number of esters is 1. The zero-order chi connectivity index (χ0) is 25.1. The Balaban J connectivity index is 1.58. The van der Waals surface area contributed by atoms with Gasteiger partial charge < -0.3 is 4.74 Å². The summed E-state index contributed by atoms with van der Waals surface area (Å²) in [5.74, 6) is 0.570. The largest absolute Gasteiger partial charge is 0.466 e. The van der Waals surface area contributed by atoms with Gasteiger partial charge in [0.05, 0.1) is 11.5 Å². The summed E-state index contributed by atoms with van der Waals surface area (Å²) in [6, 6.07) is 17.5. The molecule has 0 N–H and O–H groups in total. The van der Waals surface area contributed by atoms with Gasteiger partial charge in [0.25, 0.3) is 0 Å². The van der Waals surface area contributed by atoms with Gasteiger partial charge in [0, 0.05) is 19.5 Å². The van der Waals surface area contributed by atoms with Gasteiger partial charge in [-0.15, -0.1) is 0 Å². The minimum Gasteiger partial charge on any atom is -0.466 e. The molecule has 1 aliphatic carbocycles. The summed E-state index contributed by atoms with van der Waals surface area (Å²) in [6.45, 7) is 9.14. The van der Waals surface area contributed by atoms with Crippen LogP contribution < -0.4 is 0 Å². The van der Waals surface area contributed by atoms with Gasteiger partial charge in [-0.25, -0.2) is 8.42 Å². The van der Waals surface area contributed by atoms with Gasteiger partial charge in [0.2, 0.25) is 10.0 Å². The quantitative estimate of drug-likeness (QED) is 0.440. The summed E-state index contributed by atoms with van der Waals surface area (Å²) < 4.78 is 34.2. The van der Waals surface area contributed by atoms with Crippen LogP contribution in [0.25, 0.3) is 5.57 Å². The average molecular weight is 496 g/mol. The second kappa shape index (κ2) is 10.7. The third-order valence-corrected chi connectivity index (χ3v) is 9.76. The molecule has 0 amide bonds. The molecule has 1 saturated carbocycles. The first-order valence-corrected chi connectivity index (χ1v) is 14.1. The molecule has 3 atom stereocenters. The number of hydrogen-bond acceptors (Lipinski definition) is 4. The number of carbonyl (C=O) groups is 1. The lowest BCUT2D eigenvalue weighted by molar-refractivity contribution is -0.145. The number of fused-ring (bicyclic) bond motifs is 1. The predicted molar refractivity (Wildman–Crippen MR) is 139 cm³/mol. The maximum absolute atomic E-state index is 13.7. The van der Waals surface area contributed by atoms with Crippen molar-refractivity contribution < 1.29 is 17.9 Å². The summed E-state index contributed by atoms with van der Waals surface area (Å²) in [4.78, 5) is 12.5. The van der Waals surface area contributed by atoms with E-state index in [1.807, 2.05) is 44.2 Å². The number of hydrogen-bond donors (Lipinski definition) is 0. The molecule has 0 spiro atoms. The minimum absolute atomic E-state index is 0.119. The molecule has 1 heterocycles. The van der Waals surface area contributed by atoms with E-state index in [9.17, 15) is 13.2 Å². The van der Waals surface area contributed by atoms with Gasteiger partial charge in [-0.05, 0) is 86.5 Å². The first-order chi connectivity index (χ1) is 16.7. The normalized spacial score (nSPS) is 25.0. The zero-order valence-corrected chi connectivity index (χ0v) is 21.7. The highest BCUT2D eigenvalue weighted by molar-refractivity contribution is 7.89. The summed E-state index contributed by atoms with van der Waals surface area (Å²) in [5, 5.41) is 0. The van der Waals surface area contributed by atoms with Crippen molar-refractivity contribution in [3.05, 3.63) is 72.3 Å². The molecule has 5 nitrogen and oxygen atoms in total. The number of ether oxygens (including phenoxy) is 1. The van der Waals surface area contributed by atoms with E-state index in [4.69, 9.17) is 4.74 Å². The first-order valence-electron chi connectivity index (χ1n) is 12.7. The lowest BCUT2D eigenvalue weighted by Gasteiger charge is -2.52. The van der Waals surface area contributed by atoms with E-state index in [-0.39, 0.29) is 11.4 Å². The number of rotatable bonds is 8. The van der Waals surface area contributed by atoms with E-state index in [1.54, 1.807) is 16.4 Å². The van der Waals surface area contributed by atoms with Crippen molar-refractivity contribution in [2.24, 2.45) is 17.3 Å². The van der Waals surface area contributed by atoms with Crippen LogP contribution in [-0.4, -0.2) is 38.4 Å². The Morgan fingerprint density at radius 2 is 1.83 bits per heavy atom. The highest BCUT2D eigenvalue weighted by atomic mass is 32.2. The second-order valence-corrected chi connectivity index (χ2v) is 12.2. The molecule has 6 heteroatoms. The molecule has 2 fully saturated rings. The molecule has 2 aromatic rings. The van der Waals surface area contributed by atoms with Crippen LogP contribution in [0.2, 0.25) is 0 Å². The van der Waals surface area contributed by atoms with Crippen LogP contribution in [0.4, 0.5) is 0 Å². The SMILES string of the molecule is C=C(C)c1ccc(S(=O)(=O)N2CC[C@H]3CC(CC(=O)OCC)CC[C@]3(Cc3ccccc3)C2)cc1. The van der Waals surface area contributed by atoms with Crippen LogP contribution in [0.15, 0.2) is 66.1 Å². The third-order valence-electron chi connectivity index (χ3n) is 7.90. The van der Waals surface area contributed by atoms with Crippen molar-refractivity contribution in [3.63, 3.8) is 0 Å². The van der Waals surface area contributed by atoms with Crippen LogP contribution in [-0.2, 0) is 26.0 Å². The van der Waals surface area contributed by atoms with Crippen molar-refractivity contribution in [2.45, 2.75) is 57.3 Å². The Morgan fingerprint density at radius 1 is 1.11 bits per heavy atom. The van der Waals surface area contributed by atoms with Crippen LogP contribution in [0.3, 0.4) is 0 Å². The van der Waals surface area contributed by atoms with E-state index in [2.05, 4.69) is 18.7 Å². The molecule has 0 aromatic heterocycles. The van der Waals surface area contributed by atoms with Crippen molar-refractivity contribution in [3.8, 4) is 0 Å². The number of allylic oxidation sites excluding steroid dienone is 1. The molecule has 1 aliphatic heterocycles. The molecule has 1 saturated heterocycles. The topological polar surface area (TPSA) is 63.7 Å². The number of nitrogens with zero attached hydrogens (tertiary/aromatic N) is 1. The van der Waals surface area contributed by atoms with Crippen LogP contribution in [0.1, 0.15) is 57.1 Å². The fraction of sp³-hybridized carbons (Fsp3) is 0.483. The molecular formula is C29H37NO4S. The Labute approximate surface area is 210 Å². The lowest BCUT2D eigenvalue weighted by atomic mass is 9.58. The Hall–Kier alpha value is -2.44. The second-order valence-electron chi connectivity index (χ2n) is 10.3. The summed E-state index contributed by atoms with van der Waals surface area (Å²) in [7, 11) is -3.60. The maximum Gasteiger partial charge on any atom is 0.306 e. The predicted octanol–water partition coefficient (Wildman–Crippen LogP) is 5.71. The van der Waals surface area contributed by atoms with Crippen molar-refractivity contribution in [1.82, 2.24) is 4.31 Å². The molecule has 35 heavy (non-hydrogen) atoms. The van der Waals surface area contributed by atoms with E-state index >= 15 is 0 Å². The number of benzene rings is 2. The molecule has 1 unspecified atom stereocenters. The van der Waals surface area contributed by atoms with Gasteiger partial charge >= 0.3 is 5.97 Å². The van der Waals surface area contributed by atoms with Crippen molar-refractivity contribution in [2.75, 3.05) is 19.7 Å². The molecule has 2 aromatic carbocycles. The molecule has 0 radical (unpaired) electrons. The number of carbonyl (C=O) groups excluding carboxylic acids is 1. The van der Waals surface area contributed by atoms with Gasteiger partial charge in [-0.3, -0.25) is 4.79 Å². The van der Waals surface area contributed by atoms with Crippen molar-refractivity contribution >= 4 is 21.6 Å². The highest BCUT2D eigenvalue weighted by Crippen LogP contribution is 2.51. The third kappa shape index (κ3) is 5.70. The standard InChI is InChI=1S/C29H37NO4S/c1-4-34-28(31)19-24-14-16-29(20-23-8-6-5-7-9-23)21-30(17-15-26(29)18-24)35(32,33)27-12-10-25(11-13-27)22(2)3/h5-13,24,26H,2,4,14-21H2,1,3H3/t24?,26-,29-/m0/s1. The molecule has 0 bridgehead atoms. The maximum atomic E-state index is 13.7. The summed E-state index contributed by atoms with van der Waals surface area (Å²) in [6.07, 6.45) is 4.91. The Morgan fingerprint density at radius 3 is 2.49 bits per heavy atom. The van der Waals surface area contributed by atoms with Crippen LogP contribution in [0, 0.1) is 17.3 Å². The summed E-state index contributed by atoms with van der Waals surface area (Å²) >= 11 is 0. The van der Waals surface area contributed by atoms with E-state index in [0.717, 1.165) is 43.2 Å². The number of piperidine rings is 1. The number of sulfonamides is 1. The Bertz CT molecular complexity index is 1140. The van der Waals surface area contributed by atoms with Gasteiger partial charge in [0.15, 0.2) is 0 Å². The zero-order valence-electron chi connectivity index (χ0n) is 20.9. The van der Waals surface area contributed by atoms with E-state index in [1.165, 1.54) is 5.56 Å².